The maximum Gasteiger partial charge on any atom is 0.337 e. The second kappa shape index (κ2) is 5.72. The summed E-state index contributed by atoms with van der Waals surface area (Å²) in [5, 5.41) is 0. The van der Waals surface area contributed by atoms with Crippen molar-refractivity contribution in [1.82, 2.24) is 0 Å². The van der Waals surface area contributed by atoms with Crippen molar-refractivity contribution in [3.63, 3.8) is 0 Å². The predicted molar refractivity (Wildman–Crippen MR) is 61.4 cm³/mol. The van der Waals surface area contributed by atoms with Crippen LogP contribution in [0.2, 0.25) is 0 Å². The van der Waals surface area contributed by atoms with Crippen LogP contribution in [0.4, 0.5) is 5.69 Å². The molecule has 4 nitrogen and oxygen atoms in total. The summed E-state index contributed by atoms with van der Waals surface area (Å²) >= 11 is 0.930. The van der Waals surface area contributed by atoms with Gasteiger partial charge in [-0.25, -0.2) is 4.79 Å². The van der Waals surface area contributed by atoms with E-state index >= 15 is 0 Å². The van der Waals surface area contributed by atoms with E-state index in [1.807, 2.05) is 0 Å². The molecule has 0 aliphatic heterocycles. The lowest BCUT2D eigenvalue weighted by Crippen LogP contribution is -2.02. The molecule has 0 spiro atoms. The Hall–Kier alpha value is -1.07. The monoisotopic (exact) mass is 247 g/mol. The largest absolute Gasteiger partial charge is 0.495 e. The maximum absolute atomic E-state index is 11.2. The SMILES string of the molecule is COC(=O)c1ccc(NSCl)c(OC)c1. The summed E-state index contributed by atoms with van der Waals surface area (Å²) in [6.07, 6.45) is 0. The Morgan fingerprint density at radius 1 is 1.47 bits per heavy atom. The van der Waals surface area contributed by atoms with E-state index in [4.69, 9.17) is 15.4 Å². The number of carbonyl (C=O) groups excluding carboxylic acids is 1. The second-order valence-corrected chi connectivity index (χ2v) is 3.41. The fourth-order valence-corrected chi connectivity index (χ4v) is 1.56. The van der Waals surface area contributed by atoms with Crippen molar-refractivity contribution in [3.8, 4) is 5.75 Å². The molecule has 1 aromatic carbocycles. The Kier molecular flexibility index (Phi) is 4.58. The van der Waals surface area contributed by atoms with Gasteiger partial charge in [-0.2, -0.15) is 0 Å². The first-order valence-corrected chi connectivity index (χ1v) is 5.67. The van der Waals surface area contributed by atoms with Crippen LogP contribution in [0.25, 0.3) is 0 Å². The van der Waals surface area contributed by atoms with Gasteiger partial charge in [0.1, 0.15) is 5.75 Å². The number of carbonyl (C=O) groups is 1. The van der Waals surface area contributed by atoms with Crippen LogP contribution in [-0.4, -0.2) is 20.2 Å². The van der Waals surface area contributed by atoms with Crippen LogP contribution in [0.3, 0.4) is 0 Å². The van der Waals surface area contributed by atoms with Crippen molar-refractivity contribution < 1.29 is 14.3 Å². The average Bonchev–Trinajstić information content (AvgIpc) is 2.29. The van der Waals surface area contributed by atoms with Gasteiger partial charge in [-0.15, -0.1) is 0 Å². The molecule has 0 unspecified atom stereocenters. The zero-order valence-electron chi connectivity index (χ0n) is 8.24. The lowest BCUT2D eigenvalue weighted by molar-refractivity contribution is 0.0600. The molecular formula is C9H10ClNO3S. The molecule has 0 aliphatic rings. The Bertz CT molecular complexity index is 359. The number of nitrogens with one attached hydrogen (secondary N) is 1. The number of methoxy groups -OCH3 is 2. The van der Waals surface area contributed by atoms with Crippen LogP contribution < -0.4 is 9.46 Å². The summed E-state index contributed by atoms with van der Waals surface area (Å²) < 4.78 is 12.5. The third-order valence-corrected chi connectivity index (χ3v) is 2.30. The highest BCUT2D eigenvalue weighted by molar-refractivity contribution is 8.22. The number of rotatable bonds is 4. The van der Waals surface area contributed by atoms with Crippen LogP contribution in [0.1, 0.15) is 10.4 Å². The highest BCUT2D eigenvalue weighted by Gasteiger charge is 2.09. The van der Waals surface area contributed by atoms with Gasteiger partial charge >= 0.3 is 5.97 Å². The summed E-state index contributed by atoms with van der Waals surface area (Å²) in [6.45, 7) is 0. The molecule has 1 N–H and O–H groups in total. The molecular weight excluding hydrogens is 238 g/mol. The fraction of sp³-hybridized carbons (Fsp3) is 0.222. The van der Waals surface area contributed by atoms with Crippen LogP contribution in [0.15, 0.2) is 18.2 Å². The van der Waals surface area contributed by atoms with Gasteiger partial charge in [0.2, 0.25) is 0 Å². The summed E-state index contributed by atoms with van der Waals surface area (Å²) in [6, 6.07) is 4.91. The Labute approximate surface area is 96.5 Å². The van der Waals surface area contributed by atoms with Gasteiger partial charge in [0.05, 0.1) is 36.6 Å². The number of hydrogen-bond donors (Lipinski definition) is 1. The normalized spacial score (nSPS) is 9.53. The van der Waals surface area contributed by atoms with E-state index in [1.54, 1.807) is 18.2 Å². The third-order valence-electron chi connectivity index (χ3n) is 1.77. The van der Waals surface area contributed by atoms with E-state index in [1.165, 1.54) is 14.2 Å². The molecule has 82 valence electrons. The molecule has 0 bridgehead atoms. The van der Waals surface area contributed by atoms with E-state index < -0.39 is 5.97 Å². The number of benzene rings is 1. The van der Waals surface area contributed by atoms with E-state index in [2.05, 4.69) is 9.46 Å². The van der Waals surface area contributed by atoms with Gasteiger partial charge in [-0.1, -0.05) is 0 Å². The molecule has 0 heterocycles. The number of hydrogen-bond acceptors (Lipinski definition) is 5. The van der Waals surface area contributed by atoms with E-state index in [-0.39, 0.29) is 0 Å². The smallest absolute Gasteiger partial charge is 0.337 e. The lowest BCUT2D eigenvalue weighted by atomic mass is 10.2. The number of esters is 1. The summed E-state index contributed by atoms with van der Waals surface area (Å²) in [5.74, 6) is 0.129. The molecule has 0 amide bonds. The maximum atomic E-state index is 11.2. The predicted octanol–water partition coefficient (Wildman–Crippen LogP) is 2.70. The van der Waals surface area contributed by atoms with E-state index in [9.17, 15) is 4.79 Å². The molecule has 0 atom stereocenters. The van der Waals surface area contributed by atoms with Crippen molar-refractivity contribution in [2.45, 2.75) is 0 Å². The molecule has 0 saturated heterocycles. The van der Waals surface area contributed by atoms with Gasteiger partial charge < -0.3 is 14.2 Å². The van der Waals surface area contributed by atoms with E-state index in [0.29, 0.717) is 17.0 Å². The zero-order valence-corrected chi connectivity index (χ0v) is 9.82. The van der Waals surface area contributed by atoms with Gasteiger partial charge in [0.25, 0.3) is 0 Å². The van der Waals surface area contributed by atoms with Crippen LogP contribution in [0, 0.1) is 0 Å². The molecule has 0 saturated carbocycles. The number of anilines is 1. The fourth-order valence-electron chi connectivity index (χ4n) is 1.06. The minimum atomic E-state index is -0.404. The third kappa shape index (κ3) is 2.94. The van der Waals surface area contributed by atoms with Gasteiger partial charge in [-0.05, 0) is 28.9 Å². The highest BCUT2D eigenvalue weighted by atomic mass is 35.7. The van der Waals surface area contributed by atoms with Crippen molar-refractivity contribution in [1.29, 1.82) is 0 Å². The topological polar surface area (TPSA) is 47.6 Å². The summed E-state index contributed by atoms with van der Waals surface area (Å²) in [5.41, 5.74) is 1.13. The molecule has 1 aromatic rings. The lowest BCUT2D eigenvalue weighted by Gasteiger charge is -2.09. The number of ether oxygens (including phenoxy) is 2. The average molecular weight is 248 g/mol. The summed E-state index contributed by atoms with van der Waals surface area (Å²) in [4.78, 5) is 11.2. The second-order valence-electron chi connectivity index (χ2n) is 2.59. The van der Waals surface area contributed by atoms with Crippen molar-refractivity contribution in [2.24, 2.45) is 0 Å². The Balaban J connectivity index is 3.01. The Morgan fingerprint density at radius 3 is 2.73 bits per heavy atom. The molecule has 0 fully saturated rings. The standard InChI is InChI=1S/C9H10ClNO3S/c1-13-8-5-6(9(12)14-2)3-4-7(8)11-15-10/h3-5,11H,1-2H3. The van der Waals surface area contributed by atoms with Crippen LogP contribution in [0.5, 0.6) is 5.75 Å². The van der Waals surface area contributed by atoms with Crippen LogP contribution in [-0.2, 0) is 4.74 Å². The Morgan fingerprint density at radius 2 is 2.20 bits per heavy atom. The molecule has 15 heavy (non-hydrogen) atoms. The van der Waals surface area contributed by atoms with Crippen molar-refractivity contribution in [2.75, 3.05) is 18.9 Å². The molecule has 1 rings (SSSR count). The minimum Gasteiger partial charge on any atom is -0.495 e. The van der Waals surface area contributed by atoms with Crippen molar-refractivity contribution >= 4 is 33.5 Å². The van der Waals surface area contributed by atoms with E-state index in [0.717, 1.165) is 11.2 Å². The molecule has 0 radical (unpaired) electrons. The molecule has 6 heteroatoms. The van der Waals surface area contributed by atoms with Gasteiger partial charge in [0, 0.05) is 0 Å². The van der Waals surface area contributed by atoms with Gasteiger partial charge in [0.15, 0.2) is 0 Å². The first kappa shape index (κ1) is 12.0. The summed E-state index contributed by atoms with van der Waals surface area (Å²) in [7, 11) is 8.30. The quantitative estimate of drug-likeness (QED) is 0.655. The van der Waals surface area contributed by atoms with Gasteiger partial charge in [-0.3, -0.25) is 0 Å². The highest BCUT2D eigenvalue weighted by Crippen LogP contribution is 2.28. The zero-order chi connectivity index (χ0) is 11.3. The van der Waals surface area contributed by atoms with Crippen LogP contribution >= 0.6 is 21.8 Å². The molecule has 0 aliphatic carbocycles. The first-order valence-electron chi connectivity index (χ1n) is 4.03. The molecule has 0 aromatic heterocycles. The number of halogens is 1. The van der Waals surface area contributed by atoms with Crippen molar-refractivity contribution in [3.05, 3.63) is 23.8 Å². The minimum absolute atomic E-state index is 0.404. The first-order chi connectivity index (χ1) is 7.22.